The van der Waals surface area contributed by atoms with Crippen LogP contribution in [-0.2, 0) is 21.9 Å². The summed E-state index contributed by atoms with van der Waals surface area (Å²) in [5.41, 5.74) is 0.000737. The van der Waals surface area contributed by atoms with Gasteiger partial charge in [-0.15, -0.1) is 0 Å². The highest BCUT2D eigenvalue weighted by Gasteiger charge is 2.33. The predicted molar refractivity (Wildman–Crippen MR) is 73.8 cm³/mol. The standard InChI is InChI=1S/C12H21N3O4S/c1-8-7-13-15(5)11(8)20(18,19)14-9(6-10(16)17)12(2,3)4/h7,9,14H,6H2,1-5H3,(H,16,17). The van der Waals surface area contributed by atoms with Gasteiger partial charge in [-0.1, -0.05) is 20.8 Å². The third kappa shape index (κ3) is 3.80. The maximum Gasteiger partial charge on any atom is 0.304 e. The molecule has 0 bridgehead atoms. The molecule has 20 heavy (non-hydrogen) atoms. The molecule has 1 aromatic heterocycles. The van der Waals surface area contributed by atoms with Gasteiger partial charge in [-0.05, 0) is 12.3 Å². The van der Waals surface area contributed by atoms with Crippen LogP contribution in [0.15, 0.2) is 11.2 Å². The summed E-state index contributed by atoms with van der Waals surface area (Å²) < 4.78 is 28.6. The normalized spacial score (nSPS) is 14.2. The molecule has 0 aromatic carbocycles. The number of rotatable bonds is 5. The van der Waals surface area contributed by atoms with Crippen LogP contribution in [0.25, 0.3) is 0 Å². The Morgan fingerprint density at radius 1 is 1.50 bits per heavy atom. The van der Waals surface area contributed by atoms with Gasteiger partial charge in [0.1, 0.15) is 0 Å². The van der Waals surface area contributed by atoms with Crippen LogP contribution in [0.2, 0.25) is 0 Å². The number of sulfonamides is 1. The molecule has 2 N–H and O–H groups in total. The van der Waals surface area contributed by atoms with Crippen molar-refractivity contribution < 1.29 is 18.3 Å². The number of nitrogens with one attached hydrogen (secondary N) is 1. The van der Waals surface area contributed by atoms with Crippen molar-refractivity contribution in [3.05, 3.63) is 11.8 Å². The summed E-state index contributed by atoms with van der Waals surface area (Å²) in [5, 5.41) is 12.9. The van der Waals surface area contributed by atoms with Gasteiger partial charge in [0.2, 0.25) is 0 Å². The lowest BCUT2D eigenvalue weighted by Gasteiger charge is -2.30. The first kappa shape index (κ1) is 16.6. The Balaban J connectivity index is 3.13. The summed E-state index contributed by atoms with van der Waals surface area (Å²) in [6.45, 7) is 7.02. The maximum absolute atomic E-state index is 12.4. The topological polar surface area (TPSA) is 101 Å². The second kappa shape index (κ2) is 5.53. The molecule has 1 heterocycles. The SMILES string of the molecule is Cc1cnn(C)c1S(=O)(=O)NC(CC(=O)O)C(C)(C)C. The van der Waals surface area contributed by atoms with Crippen LogP contribution in [0.4, 0.5) is 0 Å². The third-order valence-electron chi connectivity index (χ3n) is 3.03. The van der Waals surface area contributed by atoms with Crippen molar-refractivity contribution in [2.45, 2.75) is 45.2 Å². The van der Waals surface area contributed by atoms with E-state index in [9.17, 15) is 13.2 Å². The fraction of sp³-hybridized carbons (Fsp3) is 0.667. The molecular weight excluding hydrogens is 282 g/mol. The quantitative estimate of drug-likeness (QED) is 0.841. The van der Waals surface area contributed by atoms with Crippen LogP contribution in [0.5, 0.6) is 0 Å². The van der Waals surface area contributed by atoms with Crippen LogP contribution in [0.1, 0.15) is 32.8 Å². The number of aliphatic carboxylic acids is 1. The average molecular weight is 303 g/mol. The van der Waals surface area contributed by atoms with Crippen molar-refractivity contribution in [1.82, 2.24) is 14.5 Å². The van der Waals surface area contributed by atoms with Crippen molar-refractivity contribution in [2.75, 3.05) is 0 Å². The molecule has 7 nitrogen and oxygen atoms in total. The van der Waals surface area contributed by atoms with E-state index in [1.54, 1.807) is 27.7 Å². The molecule has 0 fully saturated rings. The van der Waals surface area contributed by atoms with Gasteiger partial charge >= 0.3 is 5.97 Å². The molecular formula is C12H21N3O4S. The zero-order chi connectivity index (χ0) is 15.7. The molecule has 0 radical (unpaired) electrons. The van der Waals surface area contributed by atoms with Crippen LogP contribution in [-0.4, -0.2) is 35.3 Å². The predicted octanol–water partition coefficient (Wildman–Crippen LogP) is 0.896. The number of hydrogen-bond donors (Lipinski definition) is 2. The molecule has 1 aromatic rings. The molecule has 8 heteroatoms. The average Bonchev–Trinajstić information content (AvgIpc) is 2.55. The first-order valence-electron chi connectivity index (χ1n) is 6.18. The van der Waals surface area contributed by atoms with Gasteiger partial charge in [0.05, 0.1) is 12.6 Å². The van der Waals surface area contributed by atoms with E-state index in [1.807, 2.05) is 0 Å². The van der Waals surface area contributed by atoms with E-state index in [-0.39, 0.29) is 11.4 Å². The Morgan fingerprint density at radius 2 is 2.05 bits per heavy atom. The smallest absolute Gasteiger partial charge is 0.304 e. The Labute approximate surface area is 119 Å². The van der Waals surface area contributed by atoms with Crippen LogP contribution in [0, 0.1) is 12.3 Å². The Hall–Kier alpha value is -1.41. The summed E-state index contributed by atoms with van der Waals surface area (Å²) in [6, 6.07) is -0.709. The zero-order valence-corrected chi connectivity index (χ0v) is 13.2. The van der Waals surface area contributed by atoms with Crippen LogP contribution in [0.3, 0.4) is 0 Å². The van der Waals surface area contributed by atoms with E-state index in [2.05, 4.69) is 9.82 Å². The van der Waals surface area contributed by atoms with Crippen molar-refractivity contribution in [1.29, 1.82) is 0 Å². The Morgan fingerprint density at radius 3 is 2.40 bits per heavy atom. The maximum atomic E-state index is 12.4. The van der Waals surface area contributed by atoms with E-state index in [1.165, 1.54) is 17.9 Å². The molecule has 0 amide bonds. The summed E-state index contributed by atoms with van der Waals surface area (Å²) in [5.74, 6) is -1.05. The van der Waals surface area contributed by atoms with Crippen LogP contribution >= 0.6 is 0 Å². The monoisotopic (exact) mass is 303 g/mol. The zero-order valence-electron chi connectivity index (χ0n) is 12.3. The number of nitrogens with zero attached hydrogens (tertiary/aromatic N) is 2. The van der Waals surface area contributed by atoms with Crippen molar-refractivity contribution >= 4 is 16.0 Å². The highest BCUT2D eigenvalue weighted by molar-refractivity contribution is 7.89. The Kier molecular flexibility index (Phi) is 4.60. The molecule has 1 unspecified atom stereocenters. The molecule has 0 saturated carbocycles. The second-order valence-electron chi connectivity index (χ2n) is 5.89. The van der Waals surface area contributed by atoms with E-state index >= 15 is 0 Å². The van der Waals surface area contributed by atoms with Gasteiger partial charge in [-0.25, -0.2) is 13.1 Å². The van der Waals surface area contributed by atoms with Gasteiger partial charge in [0, 0.05) is 18.7 Å². The first-order chi connectivity index (χ1) is 8.95. The molecule has 1 atom stereocenters. The summed E-state index contributed by atoms with van der Waals surface area (Å²) in [7, 11) is -2.29. The lowest BCUT2D eigenvalue weighted by molar-refractivity contribution is -0.138. The number of aryl methyl sites for hydroxylation is 2. The highest BCUT2D eigenvalue weighted by atomic mass is 32.2. The fourth-order valence-electron chi connectivity index (χ4n) is 1.86. The van der Waals surface area contributed by atoms with Crippen LogP contribution < -0.4 is 4.72 Å². The summed E-state index contributed by atoms with van der Waals surface area (Å²) in [6.07, 6.45) is 1.18. The fourth-order valence-corrected chi connectivity index (χ4v) is 3.66. The highest BCUT2D eigenvalue weighted by Crippen LogP contribution is 2.24. The van der Waals surface area contributed by atoms with E-state index in [0.29, 0.717) is 5.56 Å². The minimum absolute atomic E-state index is 0.0529. The van der Waals surface area contributed by atoms with Crippen molar-refractivity contribution in [3.63, 3.8) is 0 Å². The Bertz CT molecular complexity index is 579. The molecule has 0 aliphatic carbocycles. The summed E-state index contributed by atoms with van der Waals surface area (Å²) >= 11 is 0. The molecule has 0 saturated heterocycles. The van der Waals surface area contributed by atoms with Gasteiger partial charge in [0.25, 0.3) is 10.0 Å². The van der Waals surface area contributed by atoms with Gasteiger partial charge in [-0.3, -0.25) is 9.48 Å². The molecule has 1 rings (SSSR count). The lowest BCUT2D eigenvalue weighted by atomic mass is 9.85. The minimum atomic E-state index is -3.82. The van der Waals surface area contributed by atoms with Crippen molar-refractivity contribution in [3.8, 4) is 0 Å². The number of carboxylic acid groups (broad SMARTS) is 1. The lowest BCUT2D eigenvalue weighted by Crippen LogP contribution is -2.45. The third-order valence-corrected chi connectivity index (χ3v) is 4.72. The molecule has 0 spiro atoms. The van der Waals surface area contributed by atoms with Gasteiger partial charge < -0.3 is 5.11 Å². The number of hydrogen-bond acceptors (Lipinski definition) is 4. The number of carboxylic acids is 1. The van der Waals surface area contributed by atoms with Gasteiger partial charge in [-0.2, -0.15) is 5.10 Å². The van der Waals surface area contributed by atoms with Gasteiger partial charge in [0.15, 0.2) is 5.03 Å². The van der Waals surface area contributed by atoms with E-state index in [0.717, 1.165) is 0 Å². The largest absolute Gasteiger partial charge is 0.481 e. The minimum Gasteiger partial charge on any atom is -0.481 e. The first-order valence-corrected chi connectivity index (χ1v) is 7.66. The second-order valence-corrected chi connectivity index (χ2v) is 7.52. The molecule has 114 valence electrons. The van der Waals surface area contributed by atoms with E-state index in [4.69, 9.17) is 5.11 Å². The molecule has 0 aliphatic heterocycles. The number of aromatic nitrogens is 2. The number of carbonyl (C=O) groups is 1. The summed E-state index contributed by atoms with van der Waals surface area (Å²) in [4.78, 5) is 10.9. The van der Waals surface area contributed by atoms with E-state index < -0.39 is 27.4 Å². The van der Waals surface area contributed by atoms with Crippen molar-refractivity contribution in [2.24, 2.45) is 12.5 Å². The molecule has 0 aliphatic rings.